The summed E-state index contributed by atoms with van der Waals surface area (Å²) in [7, 11) is 0. The molecule has 2 aromatic carbocycles. The molecule has 0 heterocycles. The number of hydrogen-bond donors (Lipinski definition) is 4. The van der Waals surface area contributed by atoms with Crippen LogP contribution in [0.3, 0.4) is 0 Å². The minimum absolute atomic E-state index is 0.132. The van der Waals surface area contributed by atoms with E-state index < -0.39 is 29.7 Å². The Morgan fingerprint density at radius 3 is 2.49 bits per heavy atom. The zero-order valence-electron chi connectivity index (χ0n) is 19.3. The molecular formula is C25H28F2N2O6. The maximum Gasteiger partial charge on any atom is 0.412 e. The molecule has 0 aliphatic rings. The van der Waals surface area contributed by atoms with Crippen molar-refractivity contribution in [1.29, 1.82) is 0 Å². The number of ether oxygens (including phenoxy) is 2. The van der Waals surface area contributed by atoms with Crippen molar-refractivity contribution in [3.05, 3.63) is 83.5 Å². The van der Waals surface area contributed by atoms with Crippen molar-refractivity contribution in [3.63, 3.8) is 0 Å². The Hall–Kier alpha value is -3.76. The van der Waals surface area contributed by atoms with Crippen LogP contribution in [-0.4, -0.2) is 35.5 Å². The van der Waals surface area contributed by atoms with Gasteiger partial charge in [0.2, 0.25) is 0 Å². The minimum atomic E-state index is -0.936. The molecule has 0 unspecified atom stereocenters. The highest BCUT2D eigenvalue weighted by atomic mass is 19.1. The lowest BCUT2D eigenvalue weighted by atomic mass is 9.94. The van der Waals surface area contributed by atoms with Gasteiger partial charge in [-0.3, -0.25) is 15.3 Å². The van der Waals surface area contributed by atoms with E-state index in [4.69, 9.17) is 19.8 Å². The normalized spacial score (nSPS) is 13.3. The van der Waals surface area contributed by atoms with Crippen LogP contribution in [0.1, 0.15) is 31.9 Å². The standard InChI is InChI=1S/C25H28F2N2O6/c1-16(14-23(31)29-33)4-3-5-17(2)24(18-6-9-20(10-7-18)34-13-12-30)35-25(32)28-22-11-8-19(26)15-21(22)27/h3-4,6-11,14-15,17,24,30,33H,5,12-13H2,1-2H3,(H,28,32)(H,29,31)/b4-3+,16-14+/t17-,24-/m1/s1. The van der Waals surface area contributed by atoms with Crippen LogP contribution >= 0.6 is 0 Å². The molecule has 4 N–H and O–H groups in total. The van der Waals surface area contributed by atoms with Gasteiger partial charge in [-0.1, -0.05) is 31.2 Å². The summed E-state index contributed by atoms with van der Waals surface area (Å²) in [6.07, 6.45) is 3.45. The van der Waals surface area contributed by atoms with Crippen LogP contribution in [0.15, 0.2) is 66.3 Å². The van der Waals surface area contributed by atoms with E-state index in [0.717, 1.165) is 12.1 Å². The lowest BCUT2D eigenvalue weighted by Crippen LogP contribution is -2.22. The zero-order chi connectivity index (χ0) is 25.8. The number of anilines is 1. The number of benzene rings is 2. The fourth-order valence-corrected chi connectivity index (χ4v) is 3.15. The molecule has 0 saturated carbocycles. The Kier molecular flexibility index (Phi) is 10.9. The van der Waals surface area contributed by atoms with Gasteiger partial charge in [-0.15, -0.1) is 0 Å². The minimum Gasteiger partial charge on any atom is -0.491 e. The van der Waals surface area contributed by atoms with Gasteiger partial charge in [0, 0.05) is 18.1 Å². The largest absolute Gasteiger partial charge is 0.491 e. The summed E-state index contributed by atoms with van der Waals surface area (Å²) < 4.78 is 38.0. The molecule has 2 atom stereocenters. The molecule has 2 rings (SSSR count). The SMILES string of the molecule is CC(/C=C/C[C@@H](C)[C@@H](OC(=O)Nc1ccc(F)cc1F)c1ccc(OCCO)cc1)=C\C(=O)NO. The number of hydroxylamine groups is 1. The summed E-state index contributed by atoms with van der Waals surface area (Å²) >= 11 is 0. The average Bonchev–Trinajstić information content (AvgIpc) is 2.83. The maximum absolute atomic E-state index is 13.9. The molecule has 0 saturated heterocycles. The van der Waals surface area contributed by atoms with E-state index in [-0.39, 0.29) is 24.8 Å². The van der Waals surface area contributed by atoms with Crippen LogP contribution in [-0.2, 0) is 9.53 Å². The smallest absolute Gasteiger partial charge is 0.412 e. The molecule has 8 nitrogen and oxygen atoms in total. The van der Waals surface area contributed by atoms with E-state index in [0.29, 0.717) is 29.4 Å². The summed E-state index contributed by atoms with van der Waals surface area (Å²) in [4.78, 5) is 23.8. The van der Waals surface area contributed by atoms with E-state index in [2.05, 4.69) is 5.32 Å². The van der Waals surface area contributed by atoms with E-state index >= 15 is 0 Å². The van der Waals surface area contributed by atoms with Crippen LogP contribution in [0.4, 0.5) is 19.3 Å². The Labute approximate surface area is 201 Å². The predicted octanol–water partition coefficient (Wildman–Crippen LogP) is 4.66. The third-order valence-corrected chi connectivity index (χ3v) is 4.84. The highest BCUT2D eigenvalue weighted by Crippen LogP contribution is 2.31. The second-order valence-corrected chi connectivity index (χ2v) is 7.70. The van der Waals surface area contributed by atoms with Gasteiger partial charge in [0.1, 0.15) is 30.1 Å². The number of nitrogens with one attached hydrogen (secondary N) is 2. The van der Waals surface area contributed by atoms with Crippen molar-refractivity contribution < 1.29 is 38.2 Å². The molecule has 2 amide bonds. The number of allylic oxidation sites excluding steroid dienone is 3. The Morgan fingerprint density at radius 1 is 1.14 bits per heavy atom. The number of halogens is 2. The molecule has 0 aromatic heterocycles. The van der Waals surface area contributed by atoms with Crippen LogP contribution < -0.4 is 15.5 Å². The summed E-state index contributed by atoms with van der Waals surface area (Å²) in [5.41, 5.74) is 2.53. The molecule has 0 radical (unpaired) electrons. The summed E-state index contributed by atoms with van der Waals surface area (Å²) in [6, 6.07) is 9.52. The Bertz CT molecular complexity index is 1060. The third kappa shape index (κ3) is 9.19. The van der Waals surface area contributed by atoms with Gasteiger partial charge >= 0.3 is 6.09 Å². The summed E-state index contributed by atoms with van der Waals surface area (Å²) in [6.45, 7) is 3.52. The fourth-order valence-electron chi connectivity index (χ4n) is 3.15. The van der Waals surface area contributed by atoms with Crippen LogP contribution in [0, 0.1) is 17.6 Å². The Balaban J connectivity index is 2.18. The molecule has 0 fully saturated rings. The second-order valence-electron chi connectivity index (χ2n) is 7.70. The molecule has 10 heteroatoms. The first-order chi connectivity index (χ1) is 16.7. The average molecular weight is 491 g/mol. The van der Waals surface area contributed by atoms with Crippen molar-refractivity contribution in [2.75, 3.05) is 18.5 Å². The lowest BCUT2D eigenvalue weighted by molar-refractivity contribution is -0.124. The van der Waals surface area contributed by atoms with Crippen molar-refractivity contribution in [1.82, 2.24) is 5.48 Å². The number of aliphatic hydroxyl groups is 1. The number of rotatable bonds is 11. The van der Waals surface area contributed by atoms with Crippen molar-refractivity contribution in [2.45, 2.75) is 26.4 Å². The molecule has 0 aliphatic carbocycles. The van der Waals surface area contributed by atoms with Gasteiger partial charge < -0.3 is 14.6 Å². The number of aliphatic hydroxyl groups excluding tert-OH is 1. The number of hydrogen-bond acceptors (Lipinski definition) is 6. The van der Waals surface area contributed by atoms with Gasteiger partial charge in [0.25, 0.3) is 5.91 Å². The number of carbonyl (C=O) groups is 2. The Morgan fingerprint density at radius 2 is 1.86 bits per heavy atom. The highest BCUT2D eigenvalue weighted by molar-refractivity contribution is 5.87. The van der Waals surface area contributed by atoms with Gasteiger partial charge in [0.05, 0.1) is 12.3 Å². The fraction of sp³-hybridized carbons (Fsp3) is 0.280. The molecule has 2 aromatic rings. The molecular weight excluding hydrogens is 462 g/mol. The summed E-state index contributed by atoms with van der Waals surface area (Å²) in [5, 5.41) is 19.8. The first-order valence-electron chi connectivity index (χ1n) is 10.8. The van der Waals surface area contributed by atoms with Crippen LogP contribution in [0.2, 0.25) is 0 Å². The van der Waals surface area contributed by atoms with Gasteiger partial charge in [-0.25, -0.2) is 19.1 Å². The first-order valence-corrected chi connectivity index (χ1v) is 10.8. The molecule has 0 spiro atoms. The van der Waals surface area contributed by atoms with Crippen LogP contribution in [0.25, 0.3) is 0 Å². The van der Waals surface area contributed by atoms with Gasteiger partial charge in [0.15, 0.2) is 0 Å². The van der Waals surface area contributed by atoms with E-state index in [9.17, 15) is 18.4 Å². The third-order valence-electron chi connectivity index (χ3n) is 4.84. The zero-order valence-corrected chi connectivity index (χ0v) is 19.3. The highest BCUT2D eigenvalue weighted by Gasteiger charge is 2.24. The number of amides is 2. The van der Waals surface area contributed by atoms with Gasteiger partial charge in [-0.2, -0.15) is 0 Å². The second kappa shape index (κ2) is 13.8. The predicted molar refractivity (Wildman–Crippen MR) is 125 cm³/mol. The van der Waals surface area contributed by atoms with E-state index in [1.807, 2.05) is 6.92 Å². The van der Waals surface area contributed by atoms with Gasteiger partial charge in [-0.05, 0) is 48.7 Å². The lowest BCUT2D eigenvalue weighted by Gasteiger charge is -2.24. The van der Waals surface area contributed by atoms with Crippen molar-refractivity contribution >= 4 is 17.7 Å². The van der Waals surface area contributed by atoms with Crippen LogP contribution in [0.5, 0.6) is 5.75 Å². The topological polar surface area (TPSA) is 117 Å². The van der Waals surface area contributed by atoms with E-state index in [1.54, 1.807) is 43.3 Å². The maximum atomic E-state index is 13.9. The van der Waals surface area contributed by atoms with Crippen molar-refractivity contribution in [3.8, 4) is 5.75 Å². The molecule has 0 aliphatic heterocycles. The number of carbonyl (C=O) groups excluding carboxylic acids is 2. The first kappa shape index (κ1) is 27.5. The molecule has 188 valence electrons. The molecule has 0 bridgehead atoms. The molecule has 35 heavy (non-hydrogen) atoms. The summed E-state index contributed by atoms with van der Waals surface area (Å²) in [5.74, 6) is -2.10. The van der Waals surface area contributed by atoms with Crippen molar-refractivity contribution in [2.24, 2.45) is 5.92 Å². The monoisotopic (exact) mass is 490 g/mol. The quantitative estimate of drug-likeness (QED) is 0.158. The van der Waals surface area contributed by atoms with E-state index in [1.165, 1.54) is 11.6 Å².